The second-order valence-electron chi connectivity index (χ2n) is 18.5. The van der Waals surface area contributed by atoms with Crippen LogP contribution in [-0.4, -0.2) is 57.3 Å². The maximum atomic E-state index is 13.4. The number of hydrogen-bond donors (Lipinski definition) is 2. The van der Waals surface area contributed by atoms with Crippen molar-refractivity contribution in [3.63, 3.8) is 0 Å². The van der Waals surface area contributed by atoms with Crippen LogP contribution in [0.25, 0.3) is 0 Å². The van der Waals surface area contributed by atoms with Gasteiger partial charge >= 0.3 is 5.97 Å². The van der Waals surface area contributed by atoms with Gasteiger partial charge in [0.2, 0.25) is 0 Å². The molecule has 4 fully saturated rings. The predicted molar refractivity (Wildman–Crippen MR) is 188 cm³/mol. The van der Waals surface area contributed by atoms with Gasteiger partial charge in [-0.1, -0.05) is 74.0 Å². The van der Waals surface area contributed by atoms with Crippen LogP contribution in [0.4, 0.5) is 0 Å². The van der Waals surface area contributed by atoms with E-state index in [9.17, 15) is 9.90 Å². The number of carboxylic acid groups (broad SMARTS) is 1. The summed E-state index contributed by atoms with van der Waals surface area (Å²) in [7, 11) is 0. The first-order valence-corrected chi connectivity index (χ1v) is 19.1. The quantitative estimate of drug-likeness (QED) is 0.263. The monoisotopic (exact) mass is 716 g/mol. The first-order valence-electron chi connectivity index (χ1n) is 18.3. The third-order valence-corrected chi connectivity index (χ3v) is 16.4. The molecule has 0 amide bonds. The van der Waals surface area contributed by atoms with Crippen molar-refractivity contribution >= 4 is 21.9 Å². The van der Waals surface area contributed by atoms with Crippen molar-refractivity contribution in [2.45, 2.75) is 125 Å². The summed E-state index contributed by atoms with van der Waals surface area (Å²) < 4.78 is 16.4. The Kier molecular flexibility index (Phi) is 8.79. The minimum absolute atomic E-state index is 0.0472. The molecular formula is C38H61BrN4O4. The number of rotatable bonds is 8. The van der Waals surface area contributed by atoms with Crippen molar-refractivity contribution in [2.75, 3.05) is 19.8 Å². The number of hydrogen-bond acceptors (Lipinski definition) is 6. The van der Waals surface area contributed by atoms with E-state index in [2.05, 4.69) is 96.2 Å². The van der Waals surface area contributed by atoms with Gasteiger partial charge in [0.15, 0.2) is 4.73 Å². The summed E-state index contributed by atoms with van der Waals surface area (Å²) in [6.45, 7) is 24.4. The zero-order valence-electron chi connectivity index (χ0n) is 30.6. The molecule has 0 radical (unpaired) electrons. The fraction of sp³-hybridized carbons (Fsp3) is 0.868. The van der Waals surface area contributed by atoms with Crippen LogP contribution in [0.5, 0.6) is 0 Å². The SMILES string of the molecule is CC(C)[C@@H](C)[C@@]1(C)CC[C@]2(C)[C@H]3CC[C@H]4C5(C)COC[C@@]4(C[C@@H](n4ncnc4Br)[C@@H]5OC[C@](C)(N)C(C)C)C3=CC[C@@]2(C)[C@@H]1C(=O)O. The van der Waals surface area contributed by atoms with Gasteiger partial charge in [-0.2, -0.15) is 5.10 Å². The molecule has 0 spiro atoms. The number of allylic oxidation sites excluding steroid dienone is 1. The Bertz CT molecular complexity index is 1410. The molecule has 3 saturated carbocycles. The number of halogens is 1. The Morgan fingerprint density at radius 2 is 1.85 bits per heavy atom. The van der Waals surface area contributed by atoms with Gasteiger partial charge in [-0.05, 0) is 107 Å². The summed E-state index contributed by atoms with van der Waals surface area (Å²) in [6, 6.07) is -0.0472. The van der Waals surface area contributed by atoms with E-state index in [-0.39, 0.29) is 45.1 Å². The number of nitrogens with two attached hydrogens (primary N) is 1. The maximum absolute atomic E-state index is 13.4. The van der Waals surface area contributed by atoms with Gasteiger partial charge in [-0.3, -0.25) is 4.79 Å². The molecule has 1 unspecified atom stereocenters. The molecule has 1 aromatic heterocycles. The third kappa shape index (κ3) is 4.92. The highest BCUT2D eigenvalue weighted by molar-refractivity contribution is 9.10. The van der Waals surface area contributed by atoms with E-state index in [1.807, 2.05) is 4.68 Å². The Morgan fingerprint density at radius 1 is 1.15 bits per heavy atom. The molecule has 0 aromatic carbocycles. The van der Waals surface area contributed by atoms with E-state index in [4.69, 9.17) is 20.3 Å². The molecule has 1 aromatic rings. The van der Waals surface area contributed by atoms with Gasteiger partial charge in [-0.15, -0.1) is 0 Å². The van der Waals surface area contributed by atoms with Crippen LogP contribution in [0, 0.1) is 62.6 Å². The first-order chi connectivity index (χ1) is 21.8. The molecule has 1 aliphatic heterocycles. The molecular weight excluding hydrogens is 656 g/mol. The largest absolute Gasteiger partial charge is 0.481 e. The average Bonchev–Trinajstić information content (AvgIpc) is 3.41. The van der Waals surface area contributed by atoms with E-state index in [1.165, 1.54) is 5.57 Å². The Hall–Kier alpha value is -1.29. The number of nitrogens with zero attached hydrogens (tertiary/aromatic N) is 3. The van der Waals surface area contributed by atoms with Crippen molar-refractivity contribution in [1.29, 1.82) is 0 Å². The lowest BCUT2D eigenvalue weighted by Gasteiger charge is -2.71. The number of ether oxygens (including phenoxy) is 2. The zero-order chi connectivity index (χ0) is 34.5. The van der Waals surface area contributed by atoms with E-state index < -0.39 is 17.4 Å². The molecule has 5 aliphatic rings. The van der Waals surface area contributed by atoms with E-state index in [1.54, 1.807) is 6.33 Å². The highest BCUT2D eigenvalue weighted by Crippen LogP contribution is 2.75. The number of aliphatic carboxylic acids is 1. The first kappa shape index (κ1) is 35.5. The number of carboxylic acids is 1. The third-order valence-electron chi connectivity index (χ3n) is 15.8. The molecule has 47 heavy (non-hydrogen) atoms. The van der Waals surface area contributed by atoms with Gasteiger partial charge in [0.1, 0.15) is 6.33 Å². The van der Waals surface area contributed by atoms with E-state index >= 15 is 0 Å². The number of carbonyl (C=O) groups is 1. The second kappa shape index (κ2) is 11.6. The van der Waals surface area contributed by atoms with Gasteiger partial charge in [0, 0.05) is 16.4 Å². The molecule has 4 aliphatic carbocycles. The van der Waals surface area contributed by atoms with Gasteiger partial charge in [-0.25, -0.2) is 9.67 Å². The standard InChI is InChI=1S/C38H61BrN4O4/c1-22(2)24(5)33(6)15-16-35(8)25-11-12-28-34(7)18-46-20-38(28,26(25)13-14-36(35,9)29(33)31(44)45)17-27(43-32(39)41-21-42-43)30(34)47-19-37(10,40)23(3)4/h13,21-25,27-30H,11-12,14-20,40H2,1-10H3,(H,44,45)/t24-,25+,27-,28+,29-,30+,33-,34?,35-,36+,37+,38+/m1/s1. The molecule has 12 atom stereocenters. The van der Waals surface area contributed by atoms with Gasteiger partial charge in [0.25, 0.3) is 0 Å². The Morgan fingerprint density at radius 3 is 2.45 bits per heavy atom. The van der Waals surface area contributed by atoms with Crippen molar-refractivity contribution in [3.05, 3.63) is 22.7 Å². The van der Waals surface area contributed by atoms with E-state index in [0.717, 1.165) is 38.5 Å². The molecule has 2 bridgehead atoms. The smallest absolute Gasteiger partial charge is 0.307 e. The van der Waals surface area contributed by atoms with Crippen molar-refractivity contribution in [1.82, 2.24) is 14.8 Å². The molecule has 3 N–H and O–H groups in total. The topological polar surface area (TPSA) is 112 Å². The normalized spacial score (nSPS) is 45.0. The molecule has 8 nitrogen and oxygen atoms in total. The van der Waals surface area contributed by atoms with Gasteiger partial charge in [0.05, 0.1) is 37.9 Å². The predicted octanol–water partition coefficient (Wildman–Crippen LogP) is 7.93. The maximum Gasteiger partial charge on any atom is 0.307 e. The van der Waals surface area contributed by atoms with Crippen LogP contribution in [0.3, 0.4) is 0 Å². The average molecular weight is 718 g/mol. The summed E-state index contributed by atoms with van der Waals surface area (Å²) in [4.78, 5) is 17.9. The minimum atomic E-state index is -0.618. The van der Waals surface area contributed by atoms with Crippen LogP contribution < -0.4 is 5.73 Å². The summed E-state index contributed by atoms with van der Waals surface area (Å²) in [5.41, 5.74) is 6.69. The number of fused-ring (bicyclic) bond motifs is 3. The minimum Gasteiger partial charge on any atom is -0.481 e. The van der Waals surface area contributed by atoms with Crippen LogP contribution in [-0.2, 0) is 14.3 Å². The van der Waals surface area contributed by atoms with Crippen LogP contribution in [0.2, 0.25) is 0 Å². The van der Waals surface area contributed by atoms with Crippen LogP contribution in [0.15, 0.2) is 22.7 Å². The molecule has 2 heterocycles. The van der Waals surface area contributed by atoms with E-state index in [0.29, 0.717) is 48.2 Å². The highest BCUT2D eigenvalue weighted by Gasteiger charge is 2.72. The lowest BCUT2D eigenvalue weighted by atomic mass is 9.34. The molecule has 264 valence electrons. The lowest BCUT2D eigenvalue weighted by molar-refractivity contribution is -0.253. The highest BCUT2D eigenvalue weighted by atomic mass is 79.9. The Labute approximate surface area is 291 Å². The molecule has 9 heteroatoms. The molecule has 6 rings (SSSR count). The second-order valence-corrected chi connectivity index (χ2v) is 19.2. The van der Waals surface area contributed by atoms with Crippen molar-refractivity contribution in [3.8, 4) is 0 Å². The van der Waals surface area contributed by atoms with Crippen molar-refractivity contribution in [2.24, 2.45) is 68.3 Å². The van der Waals surface area contributed by atoms with Gasteiger partial charge < -0.3 is 20.3 Å². The van der Waals surface area contributed by atoms with Crippen LogP contribution in [0.1, 0.15) is 114 Å². The summed E-state index contributed by atoms with van der Waals surface area (Å²) in [5, 5.41) is 15.8. The summed E-state index contributed by atoms with van der Waals surface area (Å²) in [5.74, 6) is 0.699. The number of aromatic nitrogens is 3. The zero-order valence-corrected chi connectivity index (χ0v) is 32.2. The summed E-state index contributed by atoms with van der Waals surface area (Å²) >= 11 is 3.72. The lowest BCUT2D eigenvalue weighted by Crippen LogP contribution is -2.69. The fourth-order valence-electron chi connectivity index (χ4n) is 12.0. The Balaban J connectivity index is 1.45. The summed E-state index contributed by atoms with van der Waals surface area (Å²) in [6.07, 6.45) is 9.79. The van der Waals surface area contributed by atoms with Crippen LogP contribution >= 0.6 is 15.9 Å². The fourth-order valence-corrected chi connectivity index (χ4v) is 12.5. The molecule has 1 saturated heterocycles. The van der Waals surface area contributed by atoms with Crippen molar-refractivity contribution < 1.29 is 19.4 Å².